The Labute approximate surface area is 158 Å². The van der Waals surface area contributed by atoms with Crippen molar-refractivity contribution in [3.8, 4) is 0 Å². The molecule has 2 heterocycles. The number of fused-ring (bicyclic) bond motifs is 1. The number of nitrogens with zero attached hydrogens (tertiary/aromatic N) is 3. The van der Waals surface area contributed by atoms with E-state index in [1.54, 1.807) is 24.4 Å². The molecular weight excluding hydrogens is 346 g/mol. The summed E-state index contributed by atoms with van der Waals surface area (Å²) in [6, 6.07) is 4.04. The van der Waals surface area contributed by atoms with Crippen molar-refractivity contribution in [3.05, 3.63) is 47.7 Å². The van der Waals surface area contributed by atoms with Crippen molar-refractivity contribution in [1.29, 1.82) is 0 Å². The Morgan fingerprint density at radius 3 is 2.41 bits per heavy atom. The van der Waals surface area contributed by atoms with Gasteiger partial charge in [-0.05, 0) is 25.1 Å². The molecule has 0 amide bonds. The highest BCUT2D eigenvalue weighted by Crippen LogP contribution is 2.31. The van der Waals surface area contributed by atoms with E-state index < -0.39 is 18.0 Å². The van der Waals surface area contributed by atoms with Crippen molar-refractivity contribution in [3.63, 3.8) is 0 Å². The molecule has 1 saturated heterocycles. The second-order valence-corrected chi connectivity index (χ2v) is 7.24. The Morgan fingerprint density at radius 1 is 1.19 bits per heavy atom. The zero-order chi connectivity index (χ0) is 19.7. The number of carbonyl (C=O) groups is 2. The lowest BCUT2D eigenvalue weighted by molar-refractivity contribution is -0.144. The highest BCUT2D eigenvalue weighted by molar-refractivity contribution is 5.96. The zero-order valence-electron chi connectivity index (χ0n) is 15.7. The molecule has 144 valence electrons. The van der Waals surface area contributed by atoms with Gasteiger partial charge in [-0.25, -0.2) is 4.79 Å². The standard InChI is InChI=1S/C20H25N3O4/c1-13(2)11-22-6-8-23(9-7-22)18(20(26)27)16-12-21(3)17-5-4-14(19(24)25)10-15(16)17/h4-5,10,12,18H,1,6-9,11H2,2-3H3,(H,24,25)(H,26,27). The van der Waals surface area contributed by atoms with Gasteiger partial charge in [-0.2, -0.15) is 0 Å². The number of hydrogen-bond acceptors (Lipinski definition) is 4. The maximum atomic E-state index is 12.1. The fourth-order valence-corrected chi connectivity index (χ4v) is 3.82. The van der Waals surface area contributed by atoms with Crippen LogP contribution < -0.4 is 0 Å². The molecular formula is C20H25N3O4. The summed E-state index contributed by atoms with van der Waals surface area (Å²) in [6.07, 6.45) is 1.80. The van der Waals surface area contributed by atoms with Crippen LogP contribution in [0.4, 0.5) is 0 Å². The molecule has 27 heavy (non-hydrogen) atoms. The molecule has 3 rings (SSSR count). The maximum Gasteiger partial charge on any atom is 0.335 e. The van der Waals surface area contributed by atoms with Gasteiger partial charge in [-0.1, -0.05) is 12.2 Å². The van der Waals surface area contributed by atoms with Gasteiger partial charge in [0.15, 0.2) is 0 Å². The summed E-state index contributed by atoms with van der Waals surface area (Å²) >= 11 is 0. The number of piperazine rings is 1. The molecule has 0 bridgehead atoms. The number of aromatic carboxylic acids is 1. The molecule has 1 fully saturated rings. The molecule has 0 radical (unpaired) electrons. The molecule has 1 aromatic heterocycles. The van der Waals surface area contributed by atoms with E-state index >= 15 is 0 Å². The summed E-state index contributed by atoms with van der Waals surface area (Å²) in [6.45, 7) is 9.58. The highest BCUT2D eigenvalue weighted by Gasteiger charge is 2.32. The third kappa shape index (κ3) is 3.89. The van der Waals surface area contributed by atoms with E-state index in [0.717, 1.165) is 30.7 Å². The molecule has 2 N–H and O–H groups in total. The quantitative estimate of drug-likeness (QED) is 0.757. The Balaban J connectivity index is 1.94. The van der Waals surface area contributed by atoms with Gasteiger partial charge in [-0.3, -0.25) is 14.6 Å². The zero-order valence-corrected chi connectivity index (χ0v) is 15.7. The van der Waals surface area contributed by atoms with Crippen molar-refractivity contribution in [1.82, 2.24) is 14.4 Å². The Bertz CT molecular complexity index is 894. The highest BCUT2D eigenvalue weighted by atomic mass is 16.4. The van der Waals surface area contributed by atoms with E-state index in [1.165, 1.54) is 0 Å². The second-order valence-electron chi connectivity index (χ2n) is 7.24. The smallest absolute Gasteiger partial charge is 0.335 e. The van der Waals surface area contributed by atoms with Crippen molar-refractivity contribution in [2.75, 3.05) is 32.7 Å². The molecule has 1 aliphatic rings. The van der Waals surface area contributed by atoms with Gasteiger partial charge in [0.25, 0.3) is 0 Å². The third-order valence-electron chi connectivity index (χ3n) is 5.06. The molecule has 1 unspecified atom stereocenters. The average molecular weight is 371 g/mol. The molecule has 2 aromatic rings. The Morgan fingerprint density at radius 2 is 1.85 bits per heavy atom. The second kappa shape index (κ2) is 7.54. The van der Waals surface area contributed by atoms with Crippen LogP contribution in [0.2, 0.25) is 0 Å². The van der Waals surface area contributed by atoms with Crippen LogP contribution in [0.15, 0.2) is 36.5 Å². The number of carboxylic acids is 2. The van der Waals surface area contributed by atoms with Crippen LogP contribution in [0.5, 0.6) is 0 Å². The number of hydrogen-bond donors (Lipinski definition) is 2. The summed E-state index contributed by atoms with van der Waals surface area (Å²) in [4.78, 5) is 27.7. The predicted molar refractivity (Wildman–Crippen MR) is 103 cm³/mol. The normalized spacial score (nSPS) is 17.1. The first-order valence-corrected chi connectivity index (χ1v) is 8.93. The van der Waals surface area contributed by atoms with Gasteiger partial charge in [0.05, 0.1) is 5.56 Å². The van der Waals surface area contributed by atoms with E-state index in [9.17, 15) is 19.8 Å². The van der Waals surface area contributed by atoms with Gasteiger partial charge in [-0.15, -0.1) is 0 Å². The van der Waals surface area contributed by atoms with Crippen LogP contribution in [0.3, 0.4) is 0 Å². The van der Waals surface area contributed by atoms with Crippen LogP contribution in [0, 0.1) is 0 Å². The van der Waals surface area contributed by atoms with Crippen LogP contribution in [-0.2, 0) is 11.8 Å². The summed E-state index contributed by atoms with van der Waals surface area (Å²) in [5.74, 6) is -1.94. The van der Waals surface area contributed by atoms with E-state index in [-0.39, 0.29) is 5.56 Å². The minimum absolute atomic E-state index is 0.158. The van der Waals surface area contributed by atoms with Gasteiger partial charge in [0, 0.05) is 62.4 Å². The lowest BCUT2D eigenvalue weighted by Gasteiger charge is -2.37. The Hall–Kier alpha value is -2.64. The fraction of sp³-hybridized carbons (Fsp3) is 0.400. The van der Waals surface area contributed by atoms with Crippen molar-refractivity contribution in [2.24, 2.45) is 7.05 Å². The molecule has 1 atom stereocenters. The molecule has 7 heteroatoms. The SMILES string of the molecule is C=C(C)CN1CCN(C(C(=O)O)c2cn(C)c3ccc(C(=O)O)cc23)CC1. The van der Waals surface area contributed by atoms with Crippen molar-refractivity contribution >= 4 is 22.8 Å². The molecule has 0 saturated carbocycles. The predicted octanol–water partition coefficient (Wildman–Crippen LogP) is 2.20. The van der Waals surface area contributed by atoms with Gasteiger partial charge in [0.2, 0.25) is 0 Å². The summed E-state index contributed by atoms with van der Waals surface area (Å²) in [5, 5.41) is 19.9. The average Bonchev–Trinajstić information content (AvgIpc) is 2.92. The summed E-state index contributed by atoms with van der Waals surface area (Å²) < 4.78 is 1.85. The van der Waals surface area contributed by atoms with Crippen LogP contribution in [0.25, 0.3) is 10.9 Å². The van der Waals surface area contributed by atoms with E-state index in [0.29, 0.717) is 24.0 Å². The molecule has 0 aliphatic carbocycles. The van der Waals surface area contributed by atoms with Crippen molar-refractivity contribution < 1.29 is 19.8 Å². The lowest BCUT2D eigenvalue weighted by Crippen LogP contribution is -2.49. The van der Waals surface area contributed by atoms with E-state index in [4.69, 9.17) is 0 Å². The molecule has 0 spiro atoms. The first-order valence-electron chi connectivity index (χ1n) is 8.93. The molecule has 7 nitrogen and oxygen atoms in total. The van der Waals surface area contributed by atoms with Gasteiger partial charge >= 0.3 is 11.9 Å². The third-order valence-corrected chi connectivity index (χ3v) is 5.06. The maximum absolute atomic E-state index is 12.1. The van der Waals surface area contributed by atoms with Gasteiger partial charge < -0.3 is 14.8 Å². The van der Waals surface area contributed by atoms with Gasteiger partial charge in [0.1, 0.15) is 6.04 Å². The van der Waals surface area contributed by atoms with E-state index in [1.807, 2.05) is 23.4 Å². The number of aliphatic carboxylic acids is 1. The largest absolute Gasteiger partial charge is 0.480 e. The topological polar surface area (TPSA) is 86.0 Å². The number of rotatable bonds is 6. The number of aryl methyl sites for hydroxylation is 1. The first-order chi connectivity index (χ1) is 12.8. The minimum atomic E-state index is -1.02. The number of aromatic nitrogens is 1. The Kier molecular flexibility index (Phi) is 5.34. The fourth-order valence-electron chi connectivity index (χ4n) is 3.82. The molecule has 1 aromatic carbocycles. The van der Waals surface area contributed by atoms with Crippen LogP contribution in [0.1, 0.15) is 28.9 Å². The van der Waals surface area contributed by atoms with E-state index in [2.05, 4.69) is 11.5 Å². The minimum Gasteiger partial charge on any atom is -0.480 e. The molecule has 1 aliphatic heterocycles. The van der Waals surface area contributed by atoms with Crippen molar-refractivity contribution in [2.45, 2.75) is 13.0 Å². The summed E-state index contributed by atoms with van der Waals surface area (Å²) in [7, 11) is 1.84. The number of benzene rings is 1. The number of carboxylic acid groups (broad SMARTS) is 2. The summed E-state index contributed by atoms with van der Waals surface area (Å²) in [5.41, 5.74) is 2.71. The monoisotopic (exact) mass is 371 g/mol. The lowest BCUT2D eigenvalue weighted by atomic mass is 10.0. The first kappa shape index (κ1) is 19.1. The van der Waals surface area contributed by atoms with Crippen LogP contribution in [-0.4, -0.2) is 69.2 Å². The van der Waals surface area contributed by atoms with Crippen LogP contribution >= 0.6 is 0 Å².